The minimum atomic E-state index is -0.411. The van der Waals surface area contributed by atoms with Crippen molar-refractivity contribution in [3.05, 3.63) is 67.1 Å². The van der Waals surface area contributed by atoms with Gasteiger partial charge in [0.2, 0.25) is 5.78 Å². The first-order chi connectivity index (χ1) is 12.9. The maximum atomic E-state index is 13.3. The Kier molecular flexibility index (Phi) is 3.99. The van der Waals surface area contributed by atoms with Crippen molar-refractivity contribution in [1.82, 2.24) is 23.1 Å². The zero-order valence-corrected chi connectivity index (χ0v) is 16.4. The van der Waals surface area contributed by atoms with E-state index in [1.54, 1.807) is 13.1 Å². The lowest BCUT2D eigenvalue weighted by Crippen LogP contribution is -2.39. The first-order valence-electron chi connectivity index (χ1n) is 8.77. The molecular formula is C19H20ClN5O2. The van der Waals surface area contributed by atoms with Crippen molar-refractivity contribution in [3.8, 4) is 0 Å². The number of aromatic nitrogens is 5. The average molecular weight is 386 g/mol. The van der Waals surface area contributed by atoms with Crippen LogP contribution in [0.4, 0.5) is 0 Å². The van der Waals surface area contributed by atoms with Crippen LogP contribution >= 0.6 is 11.6 Å². The Morgan fingerprint density at radius 3 is 2.44 bits per heavy atom. The van der Waals surface area contributed by atoms with Gasteiger partial charge in [0.25, 0.3) is 5.56 Å². The highest BCUT2D eigenvalue weighted by atomic mass is 35.5. The topological polar surface area (TPSA) is 66.2 Å². The quantitative estimate of drug-likeness (QED) is 0.544. The number of hydrogen-bond acceptors (Lipinski definition) is 3. The third kappa shape index (κ3) is 2.38. The standard InChI is InChI=1S/C19H20ClN5O2/c1-5-23-11(2)12(3)25-15-16(21-18(23)25)22(4)19(27)24(17(15)26)10-13-8-6-7-9-14(13)20/h6-9H,5,10H2,1-4H3. The summed E-state index contributed by atoms with van der Waals surface area (Å²) in [6.07, 6.45) is 0. The van der Waals surface area contributed by atoms with Gasteiger partial charge in [0.05, 0.1) is 6.54 Å². The number of fused-ring (bicyclic) bond motifs is 3. The van der Waals surface area contributed by atoms with Crippen LogP contribution in [0.3, 0.4) is 0 Å². The van der Waals surface area contributed by atoms with Crippen LogP contribution in [0.2, 0.25) is 5.02 Å². The highest BCUT2D eigenvalue weighted by Crippen LogP contribution is 2.21. The Morgan fingerprint density at radius 2 is 1.78 bits per heavy atom. The minimum absolute atomic E-state index is 0.112. The molecule has 4 rings (SSSR count). The molecule has 1 aromatic carbocycles. The van der Waals surface area contributed by atoms with Gasteiger partial charge in [-0.1, -0.05) is 29.8 Å². The molecule has 0 aliphatic rings. The highest BCUT2D eigenvalue weighted by Gasteiger charge is 2.22. The molecule has 0 aliphatic heterocycles. The second-order valence-electron chi connectivity index (χ2n) is 6.66. The fourth-order valence-electron chi connectivity index (χ4n) is 3.63. The summed E-state index contributed by atoms with van der Waals surface area (Å²) in [5.41, 5.74) is 2.73. The highest BCUT2D eigenvalue weighted by molar-refractivity contribution is 6.31. The molecular weight excluding hydrogens is 366 g/mol. The summed E-state index contributed by atoms with van der Waals surface area (Å²) in [4.78, 5) is 30.7. The summed E-state index contributed by atoms with van der Waals surface area (Å²) in [5, 5.41) is 0.522. The largest absolute Gasteiger partial charge is 0.332 e. The molecule has 0 aliphatic carbocycles. The van der Waals surface area contributed by atoms with Gasteiger partial charge < -0.3 is 4.57 Å². The van der Waals surface area contributed by atoms with Gasteiger partial charge in [-0.3, -0.25) is 18.3 Å². The van der Waals surface area contributed by atoms with E-state index in [-0.39, 0.29) is 12.1 Å². The molecule has 0 radical (unpaired) electrons. The number of rotatable bonds is 3. The summed E-state index contributed by atoms with van der Waals surface area (Å²) in [6, 6.07) is 7.21. The van der Waals surface area contributed by atoms with Crippen molar-refractivity contribution in [2.45, 2.75) is 33.9 Å². The zero-order valence-electron chi connectivity index (χ0n) is 15.7. The molecule has 0 bridgehead atoms. The van der Waals surface area contributed by atoms with Crippen LogP contribution < -0.4 is 11.2 Å². The average Bonchev–Trinajstić information content (AvgIpc) is 3.14. The molecule has 8 heteroatoms. The van der Waals surface area contributed by atoms with Crippen LogP contribution in [0, 0.1) is 13.8 Å². The first-order valence-corrected chi connectivity index (χ1v) is 9.15. The molecule has 0 fully saturated rings. The van der Waals surface area contributed by atoms with Crippen LogP contribution in [0.1, 0.15) is 23.9 Å². The zero-order chi connectivity index (χ0) is 19.5. The molecule has 4 aromatic rings. The van der Waals surface area contributed by atoms with Crippen molar-refractivity contribution < 1.29 is 0 Å². The molecule has 0 atom stereocenters. The summed E-state index contributed by atoms with van der Waals surface area (Å²) in [6.45, 7) is 6.83. The molecule has 7 nitrogen and oxygen atoms in total. The molecule has 0 spiro atoms. The van der Waals surface area contributed by atoms with Crippen molar-refractivity contribution in [1.29, 1.82) is 0 Å². The molecule has 3 aromatic heterocycles. The van der Waals surface area contributed by atoms with E-state index in [2.05, 4.69) is 4.98 Å². The lowest BCUT2D eigenvalue weighted by atomic mass is 10.2. The van der Waals surface area contributed by atoms with Gasteiger partial charge in [0, 0.05) is 30.0 Å². The van der Waals surface area contributed by atoms with Crippen molar-refractivity contribution >= 4 is 28.5 Å². The van der Waals surface area contributed by atoms with Gasteiger partial charge >= 0.3 is 5.69 Å². The Balaban J connectivity index is 2.10. The van der Waals surface area contributed by atoms with E-state index >= 15 is 0 Å². The third-order valence-electron chi connectivity index (χ3n) is 5.23. The number of imidazole rings is 2. The second kappa shape index (κ2) is 6.13. The van der Waals surface area contributed by atoms with Gasteiger partial charge in [-0.2, -0.15) is 4.98 Å². The summed E-state index contributed by atoms with van der Waals surface area (Å²) in [7, 11) is 1.64. The lowest BCUT2D eigenvalue weighted by molar-refractivity contribution is 0.656. The molecule has 140 valence electrons. The normalized spacial score (nSPS) is 11.7. The Bertz CT molecular complexity index is 1320. The van der Waals surface area contributed by atoms with E-state index < -0.39 is 5.69 Å². The van der Waals surface area contributed by atoms with E-state index in [4.69, 9.17) is 11.6 Å². The minimum Gasteiger partial charge on any atom is -0.314 e. The molecule has 27 heavy (non-hydrogen) atoms. The van der Waals surface area contributed by atoms with Crippen LogP contribution in [0.15, 0.2) is 33.9 Å². The molecule has 0 unspecified atom stereocenters. The molecule has 0 saturated heterocycles. The van der Waals surface area contributed by atoms with Gasteiger partial charge in [-0.15, -0.1) is 0 Å². The predicted octanol–water partition coefficient (Wildman–Crippen LogP) is 2.49. The van der Waals surface area contributed by atoms with E-state index in [1.165, 1.54) is 9.13 Å². The van der Waals surface area contributed by atoms with E-state index in [0.29, 0.717) is 22.0 Å². The van der Waals surface area contributed by atoms with Crippen LogP contribution in [0.25, 0.3) is 16.9 Å². The van der Waals surface area contributed by atoms with E-state index in [1.807, 2.05) is 47.9 Å². The third-order valence-corrected chi connectivity index (χ3v) is 5.60. The Hall–Kier alpha value is -2.80. The fraction of sp³-hybridized carbons (Fsp3) is 0.316. The van der Waals surface area contributed by atoms with Gasteiger partial charge in [0.1, 0.15) is 0 Å². The van der Waals surface area contributed by atoms with Gasteiger partial charge in [-0.25, -0.2) is 4.79 Å². The van der Waals surface area contributed by atoms with Crippen molar-refractivity contribution in [2.75, 3.05) is 0 Å². The molecule has 0 amide bonds. The van der Waals surface area contributed by atoms with Gasteiger partial charge in [0.15, 0.2) is 11.2 Å². The predicted molar refractivity (Wildman–Crippen MR) is 106 cm³/mol. The molecule has 0 N–H and O–H groups in total. The number of hydrogen-bond donors (Lipinski definition) is 0. The maximum absolute atomic E-state index is 13.3. The monoisotopic (exact) mass is 385 g/mol. The Morgan fingerprint density at radius 1 is 1.07 bits per heavy atom. The van der Waals surface area contributed by atoms with Crippen molar-refractivity contribution in [3.63, 3.8) is 0 Å². The summed E-state index contributed by atoms with van der Waals surface area (Å²) < 4.78 is 6.53. The number of nitrogens with zero attached hydrogens (tertiary/aromatic N) is 5. The molecule has 0 saturated carbocycles. The number of benzene rings is 1. The summed E-state index contributed by atoms with van der Waals surface area (Å²) in [5.74, 6) is 0.671. The first kappa shape index (κ1) is 17.6. The maximum Gasteiger partial charge on any atom is 0.332 e. The van der Waals surface area contributed by atoms with Crippen LogP contribution in [-0.4, -0.2) is 23.1 Å². The molecule has 3 heterocycles. The Labute approximate surface area is 160 Å². The van der Waals surface area contributed by atoms with Gasteiger partial charge in [-0.05, 0) is 32.4 Å². The number of halogens is 1. The SMILES string of the molecule is CCn1c(C)c(C)n2c3c(=O)n(Cc4ccccc4Cl)c(=O)n(C)c3nc12. The van der Waals surface area contributed by atoms with E-state index in [9.17, 15) is 9.59 Å². The smallest absolute Gasteiger partial charge is 0.314 e. The van der Waals surface area contributed by atoms with Crippen molar-refractivity contribution in [2.24, 2.45) is 7.05 Å². The second-order valence-corrected chi connectivity index (χ2v) is 7.07. The van der Waals surface area contributed by atoms with Crippen LogP contribution in [-0.2, 0) is 20.1 Å². The fourth-order valence-corrected chi connectivity index (χ4v) is 3.83. The van der Waals surface area contributed by atoms with Crippen LogP contribution in [0.5, 0.6) is 0 Å². The number of aryl methyl sites for hydroxylation is 3. The van der Waals surface area contributed by atoms with E-state index in [0.717, 1.165) is 23.5 Å². The lowest BCUT2D eigenvalue weighted by Gasteiger charge is -2.09. The summed E-state index contributed by atoms with van der Waals surface area (Å²) >= 11 is 6.23.